The molecule has 0 aromatic carbocycles. The minimum absolute atomic E-state index is 0.276. The van der Waals surface area contributed by atoms with Gasteiger partial charge in [0.05, 0.1) is 0 Å². The van der Waals surface area contributed by atoms with Crippen molar-refractivity contribution >= 4 is 20.4 Å². The first kappa shape index (κ1) is 24.7. The van der Waals surface area contributed by atoms with Crippen molar-refractivity contribution in [1.29, 1.82) is 0 Å². The summed E-state index contributed by atoms with van der Waals surface area (Å²) in [5, 5.41) is 0. The van der Waals surface area contributed by atoms with Gasteiger partial charge in [0.25, 0.3) is 20.4 Å². The molecule has 4 aliphatic rings. The summed E-state index contributed by atoms with van der Waals surface area (Å²) in [5.74, 6) is 0. The summed E-state index contributed by atoms with van der Waals surface area (Å²) in [7, 11) is -7.53. The zero-order valence-corrected chi connectivity index (χ0v) is 20.6. The average molecular weight is 499 g/mol. The average Bonchev–Trinajstić information content (AvgIpc) is 3.06. The van der Waals surface area contributed by atoms with E-state index in [0.29, 0.717) is 25.7 Å². The lowest BCUT2D eigenvalue weighted by atomic mass is 10.3. The summed E-state index contributed by atoms with van der Waals surface area (Å²) < 4.78 is 81.9. The van der Waals surface area contributed by atoms with Crippen LogP contribution in [0.5, 0.6) is 0 Å². The summed E-state index contributed by atoms with van der Waals surface area (Å²) in [6.07, 6.45) is -3.24. The van der Waals surface area contributed by atoms with Gasteiger partial charge in [0.1, 0.15) is 0 Å². The SMILES string of the molecule is CCCN1[C@@H]2OC3O[C@@H]4[C@H](OC3O[C@@H]2N(CCC)S1(=O)=O)N(CCC)S(=O)(=O)N4CCC. The Hall–Kier alpha value is -0.420. The summed E-state index contributed by atoms with van der Waals surface area (Å²) in [6, 6.07) is 0. The molecular formula is C18H34N4O8S2. The Morgan fingerprint density at radius 2 is 0.719 bits per heavy atom. The van der Waals surface area contributed by atoms with E-state index in [4.69, 9.17) is 18.9 Å². The fourth-order valence-electron chi connectivity index (χ4n) is 4.63. The molecule has 12 nitrogen and oxygen atoms in total. The third-order valence-corrected chi connectivity index (χ3v) is 9.83. The van der Waals surface area contributed by atoms with Crippen LogP contribution >= 0.6 is 0 Å². The van der Waals surface area contributed by atoms with Gasteiger partial charge in [-0.15, -0.1) is 0 Å². The second-order valence-corrected chi connectivity index (χ2v) is 12.0. The van der Waals surface area contributed by atoms with Crippen LogP contribution in [0.4, 0.5) is 0 Å². The Morgan fingerprint density at radius 3 is 0.906 bits per heavy atom. The van der Waals surface area contributed by atoms with E-state index in [1.54, 1.807) is 0 Å². The van der Waals surface area contributed by atoms with Crippen LogP contribution in [0.1, 0.15) is 53.4 Å². The van der Waals surface area contributed by atoms with Gasteiger partial charge in [-0.05, 0) is 25.7 Å². The highest BCUT2D eigenvalue weighted by Gasteiger charge is 2.63. The van der Waals surface area contributed by atoms with E-state index >= 15 is 0 Å². The highest BCUT2D eigenvalue weighted by Crippen LogP contribution is 2.42. The molecule has 0 spiro atoms. The Balaban J connectivity index is 1.63. The second-order valence-electron chi connectivity index (χ2n) is 8.30. The van der Waals surface area contributed by atoms with E-state index in [1.165, 1.54) is 17.2 Å². The summed E-state index contributed by atoms with van der Waals surface area (Å²) in [4.78, 5) is 0. The zero-order chi connectivity index (χ0) is 23.3. The quantitative estimate of drug-likeness (QED) is 0.472. The molecule has 4 atom stereocenters. The molecule has 4 heterocycles. The predicted octanol–water partition coefficient (Wildman–Crippen LogP) is 0.401. The van der Waals surface area contributed by atoms with Gasteiger partial charge in [-0.1, -0.05) is 27.7 Å². The molecule has 0 N–H and O–H groups in total. The molecule has 0 aromatic rings. The number of nitrogens with zero attached hydrogens (tertiary/aromatic N) is 4. The Bertz CT molecular complexity index is 759. The third-order valence-electron chi connectivity index (χ3n) is 5.90. The van der Waals surface area contributed by atoms with E-state index in [-0.39, 0.29) is 26.2 Å². The molecule has 14 heteroatoms. The number of rotatable bonds is 8. The maximum Gasteiger partial charge on any atom is 0.286 e. The lowest BCUT2D eigenvalue weighted by molar-refractivity contribution is -0.440. The zero-order valence-electron chi connectivity index (χ0n) is 19.0. The molecule has 4 aliphatic heterocycles. The summed E-state index contributed by atoms with van der Waals surface area (Å²) in [5.41, 5.74) is 0. The van der Waals surface area contributed by atoms with E-state index in [0.717, 1.165) is 0 Å². The van der Waals surface area contributed by atoms with Crippen LogP contribution in [-0.4, -0.2) is 97.7 Å². The molecule has 0 aliphatic carbocycles. The molecular weight excluding hydrogens is 464 g/mol. The van der Waals surface area contributed by atoms with Crippen molar-refractivity contribution in [2.75, 3.05) is 26.2 Å². The van der Waals surface area contributed by atoms with Crippen molar-refractivity contribution in [2.24, 2.45) is 0 Å². The molecule has 4 rings (SSSR count). The topological polar surface area (TPSA) is 118 Å². The van der Waals surface area contributed by atoms with E-state index in [9.17, 15) is 16.8 Å². The normalized spacial score (nSPS) is 39.6. The van der Waals surface area contributed by atoms with Crippen LogP contribution in [0.2, 0.25) is 0 Å². The van der Waals surface area contributed by atoms with Gasteiger partial charge < -0.3 is 18.9 Å². The molecule has 0 saturated carbocycles. The van der Waals surface area contributed by atoms with Crippen molar-refractivity contribution in [2.45, 2.75) is 90.9 Å². The molecule has 4 fully saturated rings. The van der Waals surface area contributed by atoms with Crippen molar-refractivity contribution in [3.8, 4) is 0 Å². The smallest absolute Gasteiger partial charge is 0.286 e. The molecule has 0 aromatic heterocycles. The monoisotopic (exact) mass is 498 g/mol. The fraction of sp³-hybridized carbons (Fsp3) is 1.00. The van der Waals surface area contributed by atoms with Crippen molar-refractivity contribution in [3.05, 3.63) is 0 Å². The lowest BCUT2D eigenvalue weighted by Crippen LogP contribution is -2.63. The number of hydrogen-bond donors (Lipinski definition) is 0. The molecule has 0 radical (unpaired) electrons. The molecule has 0 bridgehead atoms. The van der Waals surface area contributed by atoms with Gasteiger partial charge in [0, 0.05) is 26.2 Å². The fourth-order valence-corrected chi connectivity index (χ4v) is 8.48. The third kappa shape index (κ3) is 3.82. The molecule has 0 amide bonds. The maximum absolute atomic E-state index is 13.1. The standard InChI is InChI=1S/C18H34N4O8S2/c1-5-9-19-13-14(20(10-6-2)31(19,23)24)28-18-17(27-13)29-15-16(30-18)22(12-8-4)32(25,26)21(15)11-7-3/h13-18H,5-12H2,1-4H3/t13-,14+,15-,16+,17?,18?. The number of hydrogen-bond acceptors (Lipinski definition) is 8. The van der Waals surface area contributed by atoms with Crippen molar-refractivity contribution in [3.63, 3.8) is 0 Å². The Kier molecular flexibility index (Phi) is 7.19. The second kappa shape index (κ2) is 9.32. The molecule has 186 valence electrons. The van der Waals surface area contributed by atoms with E-state index in [1.807, 2.05) is 27.7 Å². The molecule has 32 heavy (non-hydrogen) atoms. The Morgan fingerprint density at radius 1 is 0.500 bits per heavy atom. The first-order valence-electron chi connectivity index (χ1n) is 11.4. The van der Waals surface area contributed by atoms with Gasteiger partial charge >= 0.3 is 0 Å². The Labute approximate surface area is 190 Å². The number of fused-ring (bicyclic) bond motifs is 3. The summed E-state index contributed by atoms with van der Waals surface area (Å²) >= 11 is 0. The molecule has 4 saturated heterocycles. The van der Waals surface area contributed by atoms with Gasteiger partial charge in [0.2, 0.25) is 12.6 Å². The number of ether oxygens (including phenoxy) is 4. The lowest BCUT2D eigenvalue weighted by Gasteiger charge is -2.46. The van der Waals surface area contributed by atoms with Crippen LogP contribution in [0, 0.1) is 0 Å². The van der Waals surface area contributed by atoms with Crippen LogP contribution in [0.25, 0.3) is 0 Å². The van der Waals surface area contributed by atoms with E-state index < -0.39 is 57.9 Å². The van der Waals surface area contributed by atoms with Crippen molar-refractivity contribution < 1.29 is 35.8 Å². The molecule has 0 unspecified atom stereocenters. The van der Waals surface area contributed by atoms with Gasteiger partial charge in [-0.25, -0.2) is 0 Å². The highest BCUT2D eigenvalue weighted by atomic mass is 32.2. The van der Waals surface area contributed by atoms with Crippen LogP contribution < -0.4 is 0 Å². The predicted molar refractivity (Wildman–Crippen MR) is 113 cm³/mol. The minimum atomic E-state index is -3.76. The summed E-state index contributed by atoms with van der Waals surface area (Å²) in [6.45, 7) is 8.65. The minimum Gasteiger partial charge on any atom is -0.324 e. The van der Waals surface area contributed by atoms with E-state index in [2.05, 4.69) is 0 Å². The van der Waals surface area contributed by atoms with Gasteiger partial charge in [-0.3, -0.25) is 0 Å². The largest absolute Gasteiger partial charge is 0.324 e. The van der Waals surface area contributed by atoms with Crippen molar-refractivity contribution in [1.82, 2.24) is 17.2 Å². The first-order valence-corrected chi connectivity index (χ1v) is 14.2. The van der Waals surface area contributed by atoms with Crippen LogP contribution in [0.3, 0.4) is 0 Å². The maximum atomic E-state index is 13.1. The van der Waals surface area contributed by atoms with Gasteiger partial charge in [-0.2, -0.15) is 34.1 Å². The van der Waals surface area contributed by atoms with Gasteiger partial charge in [0.15, 0.2) is 24.9 Å². The first-order chi connectivity index (χ1) is 15.2. The van der Waals surface area contributed by atoms with Crippen LogP contribution in [0.15, 0.2) is 0 Å². The highest BCUT2D eigenvalue weighted by molar-refractivity contribution is 7.87. The van der Waals surface area contributed by atoms with Crippen LogP contribution in [-0.2, 0) is 39.4 Å².